The maximum atomic E-state index is 5.29. The SMILES string of the molecule is CC.CC.COc1cc2c(cc1OC)CN(C)CC2. The van der Waals surface area contributed by atoms with E-state index < -0.39 is 0 Å². The number of fused-ring (bicyclic) bond motifs is 1. The fraction of sp³-hybridized carbons (Fsp3) is 0.625. The van der Waals surface area contributed by atoms with Crippen molar-refractivity contribution in [1.82, 2.24) is 4.90 Å². The summed E-state index contributed by atoms with van der Waals surface area (Å²) in [5.41, 5.74) is 2.73. The standard InChI is InChI=1S/C12H17NO2.2C2H6/c1-13-5-4-9-6-11(14-2)12(15-3)7-10(9)8-13;2*1-2/h6-7H,4-5,8H2,1-3H3;2*1-2H3. The molecule has 1 aliphatic rings. The lowest BCUT2D eigenvalue weighted by Gasteiger charge is -2.26. The van der Waals surface area contributed by atoms with Crippen LogP contribution in [-0.2, 0) is 13.0 Å². The van der Waals surface area contributed by atoms with E-state index in [1.807, 2.05) is 27.7 Å². The highest BCUT2D eigenvalue weighted by Gasteiger charge is 2.16. The normalized spacial score (nSPS) is 13.2. The minimum atomic E-state index is 0.826. The van der Waals surface area contributed by atoms with Crippen molar-refractivity contribution in [2.75, 3.05) is 27.8 Å². The molecule has 0 N–H and O–H groups in total. The largest absolute Gasteiger partial charge is 0.493 e. The van der Waals surface area contributed by atoms with Crippen LogP contribution in [0.1, 0.15) is 38.8 Å². The van der Waals surface area contributed by atoms with Gasteiger partial charge in [-0.05, 0) is 36.7 Å². The summed E-state index contributed by atoms with van der Waals surface area (Å²) in [5.74, 6) is 1.66. The van der Waals surface area contributed by atoms with Gasteiger partial charge < -0.3 is 14.4 Å². The maximum Gasteiger partial charge on any atom is 0.161 e. The van der Waals surface area contributed by atoms with Crippen LogP contribution < -0.4 is 9.47 Å². The minimum absolute atomic E-state index is 0.826. The number of methoxy groups -OCH3 is 2. The average Bonchev–Trinajstić information content (AvgIpc) is 2.49. The Kier molecular flexibility index (Phi) is 9.06. The van der Waals surface area contributed by atoms with E-state index in [2.05, 4.69) is 24.1 Å². The van der Waals surface area contributed by atoms with E-state index in [9.17, 15) is 0 Å². The molecule has 0 unspecified atom stereocenters. The van der Waals surface area contributed by atoms with Crippen LogP contribution in [0.5, 0.6) is 11.5 Å². The van der Waals surface area contributed by atoms with Crippen molar-refractivity contribution in [3.63, 3.8) is 0 Å². The Morgan fingerprint density at radius 3 is 1.84 bits per heavy atom. The Hall–Kier alpha value is -1.22. The van der Waals surface area contributed by atoms with Crippen molar-refractivity contribution in [3.8, 4) is 11.5 Å². The van der Waals surface area contributed by atoms with Crippen LogP contribution in [0.15, 0.2) is 12.1 Å². The Labute approximate surface area is 118 Å². The summed E-state index contributed by atoms with van der Waals surface area (Å²) in [6, 6.07) is 4.19. The van der Waals surface area contributed by atoms with Gasteiger partial charge >= 0.3 is 0 Å². The van der Waals surface area contributed by atoms with Crippen molar-refractivity contribution in [2.24, 2.45) is 0 Å². The number of rotatable bonds is 2. The van der Waals surface area contributed by atoms with E-state index >= 15 is 0 Å². The predicted molar refractivity (Wildman–Crippen MR) is 82.3 cm³/mol. The lowest BCUT2D eigenvalue weighted by molar-refractivity contribution is 0.308. The van der Waals surface area contributed by atoms with E-state index in [1.165, 1.54) is 11.1 Å². The molecular weight excluding hydrogens is 238 g/mol. The van der Waals surface area contributed by atoms with Crippen LogP contribution in [0.4, 0.5) is 0 Å². The second kappa shape index (κ2) is 9.68. The van der Waals surface area contributed by atoms with Crippen molar-refractivity contribution in [3.05, 3.63) is 23.3 Å². The molecule has 1 aromatic carbocycles. The van der Waals surface area contributed by atoms with Gasteiger partial charge in [-0.2, -0.15) is 0 Å². The molecule has 0 saturated carbocycles. The molecule has 0 amide bonds. The van der Waals surface area contributed by atoms with E-state index in [1.54, 1.807) is 14.2 Å². The molecule has 0 radical (unpaired) electrons. The maximum absolute atomic E-state index is 5.29. The molecule has 0 atom stereocenters. The Bertz CT molecular complexity index is 364. The van der Waals surface area contributed by atoms with E-state index in [0.717, 1.165) is 31.0 Å². The summed E-state index contributed by atoms with van der Waals surface area (Å²) in [6.45, 7) is 10.1. The molecule has 19 heavy (non-hydrogen) atoms. The molecule has 0 saturated heterocycles. The van der Waals surface area contributed by atoms with Gasteiger partial charge in [-0.1, -0.05) is 27.7 Å². The summed E-state index contributed by atoms with van der Waals surface area (Å²) < 4.78 is 10.6. The second-order valence-corrected chi connectivity index (χ2v) is 3.96. The molecular formula is C16H29NO2. The molecule has 3 nitrogen and oxygen atoms in total. The van der Waals surface area contributed by atoms with Gasteiger partial charge in [-0.3, -0.25) is 0 Å². The van der Waals surface area contributed by atoms with Gasteiger partial charge in [0.1, 0.15) is 0 Å². The highest BCUT2D eigenvalue weighted by molar-refractivity contribution is 5.48. The van der Waals surface area contributed by atoms with Crippen LogP contribution in [-0.4, -0.2) is 32.7 Å². The fourth-order valence-electron chi connectivity index (χ4n) is 2.02. The van der Waals surface area contributed by atoms with Crippen LogP contribution in [0.25, 0.3) is 0 Å². The van der Waals surface area contributed by atoms with E-state index in [0.29, 0.717) is 0 Å². The van der Waals surface area contributed by atoms with Crippen molar-refractivity contribution in [1.29, 1.82) is 0 Å². The van der Waals surface area contributed by atoms with Crippen LogP contribution in [0, 0.1) is 0 Å². The van der Waals surface area contributed by atoms with Gasteiger partial charge in [-0.15, -0.1) is 0 Å². The molecule has 0 spiro atoms. The summed E-state index contributed by atoms with van der Waals surface area (Å²) >= 11 is 0. The Balaban J connectivity index is 0.000000741. The zero-order chi connectivity index (χ0) is 14.8. The fourth-order valence-corrected chi connectivity index (χ4v) is 2.02. The first kappa shape index (κ1) is 17.8. The number of likely N-dealkylation sites (N-methyl/N-ethyl adjacent to an activating group) is 1. The topological polar surface area (TPSA) is 21.7 Å². The minimum Gasteiger partial charge on any atom is -0.493 e. The molecule has 0 fully saturated rings. The zero-order valence-electron chi connectivity index (χ0n) is 13.5. The number of benzene rings is 1. The highest BCUT2D eigenvalue weighted by Crippen LogP contribution is 2.32. The zero-order valence-corrected chi connectivity index (χ0v) is 13.5. The molecule has 0 aliphatic carbocycles. The van der Waals surface area contributed by atoms with Crippen LogP contribution in [0.2, 0.25) is 0 Å². The van der Waals surface area contributed by atoms with Gasteiger partial charge in [0.2, 0.25) is 0 Å². The molecule has 1 heterocycles. The monoisotopic (exact) mass is 267 g/mol. The van der Waals surface area contributed by atoms with Crippen LogP contribution in [0.3, 0.4) is 0 Å². The third kappa shape index (κ3) is 4.75. The highest BCUT2D eigenvalue weighted by atomic mass is 16.5. The summed E-state index contributed by atoms with van der Waals surface area (Å²) in [6.07, 6.45) is 1.09. The van der Waals surface area contributed by atoms with E-state index in [4.69, 9.17) is 9.47 Å². The lowest BCUT2D eigenvalue weighted by Crippen LogP contribution is -2.26. The molecule has 1 aliphatic heterocycles. The number of hydrogen-bond acceptors (Lipinski definition) is 3. The average molecular weight is 267 g/mol. The first-order valence-corrected chi connectivity index (χ1v) is 7.17. The summed E-state index contributed by atoms with van der Waals surface area (Å²) in [7, 11) is 5.50. The van der Waals surface area contributed by atoms with Gasteiger partial charge in [0.05, 0.1) is 14.2 Å². The molecule has 1 aromatic rings. The summed E-state index contributed by atoms with van der Waals surface area (Å²) in [4.78, 5) is 2.31. The first-order chi connectivity index (χ1) is 9.24. The third-order valence-electron chi connectivity index (χ3n) is 2.91. The molecule has 2 rings (SSSR count). The third-order valence-corrected chi connectivity index (χ3v) is 2.91. The molecule has 110 valence electrons. The van der Waals surface area contributed by atoms with Crippen molar-refractivity contribution >= 4 is 0 Å². The molecule has 0 aromatic heterocycles. The van der Waals surface area contributed by atoms with Crippen LogP contribution >= 0.6 is 0 Å². The first-order valence-electron chi connectivity index (χ1n) is 7.17. The predicted octanol–water partition coefficient (Wildman–Crippen LogP) is 3.74. The van der Waals surface area contributed by atoms with Gasteiger partial charge in [0.15, 0.2) is 11.5 Å². The molecule has 3 heteroatoms. The number of hydrogen-bond donors (Lipinski definition) is 0. The number of ether oxygens (including phenoxy) is 2. The van der Waals surface area contributed by atoms with Crippen molar-refractivity contribution < 1.29 is 9.47 Å². The van der Waals surface area contributed by atoms with Gasteiger partial charge in [0, 0.05) is 13.1 Å². The Morgan fingerprint density at radius 2 is 1.37 bits per heavy atom. The number of nitrogens with zero attached hydrogens (tertiary/aromatic N) is 1. The lowest BCUT2D eigenvalue weighted by atomic mass is 9.99. The quantitative estimate of drug-likeness (QED) is 0.814. The molecule has 0 bridgehead atoms. The Morgan fingerprint density at radius 1 is 0.895 bits per heavy atom. The van der Waals surface area contributed by atoms with E-state index in [-0.39, 0.29) is 0 Å². The van der Waals surface area contributed by atoms with Gasteiger partial charge in [-0.25, -0.2) is 0 Å². The smallest absolute Gasteiger partial charge is 0.161 e. The van der Waals surface area contributed by atoms with Crippen molar-refractivity contribution in [2.45, 2.75) is 40.7 Å². The van der Waals surface area contributed by atoms with Gasteiger partial charge in [0.25, 0.3) is 0 Å². The summed E-state index contributed by atoms with van der Waals surface area (Å²) in [5, 5.41) is 0. The second-order valence-electron chi connectivity index (χ2n) is 3.96.